The molecular weight excluding hydrogens is 326 g/mol. The lowest BCUT2D eigenvalue weighted by Gasteiger charge is -2.32. The highest BCUT2D eigenvalue weighted by molar-refractivity contribution is 6.33. The van der Waals surface area contributed by atoms with Crippen molar-refractivity contribution in [3.63, 3.8) is 0 Å². The number of piperidine rings is 1. The SMILES string of the molecule is O=C(NC1CCCC1)C1CCCN(c2nnc3c(Cl)cccn23)C1. The van der Waals surface area contributed by atoms with E-state index in [2.05, 4.69) is 20.4 Å². The molecule has 0 bridgehead atoms. The first kappa shape index (κ1) is 15.7. The first-order valence-electron chi connectivity index (χ1n) is 8.77. The minimum Gasteiger partial charge on any atom is -0.353 e. The third kappa shape index (κ3) is 2.95. The molecule has 6 nitrogen and oxygen atoms in total. The smallest absolute Gasteiger partial charge is 0.231 e. The lowest BCUT2D eigenvalue weighted by molar-refractivity contribution is -0.125. The van der Waals surface area contributed by atoms with Crippen LogP contribution in [0.2, 0.25) is 5.02 Å². The molecule has 0 radical (unpaired) electrons. The van der Waals surface area contributed by atoms with Crippen LogP contribution in [0.15, 0.2) is 18.3 Å². The van der Waals surface area contributed by atoms with Crippen molar-refractivity contribution in [2.45, 2.75) is 44.6 Å². The molecule has 24 heavy (non-hydrogen) atoms. The van der Waals surface area contributed by atoms with Crippen molar-refractivity contribution in [1.82, 2.24) is 19.9 Å². The Balaban J connectivity index is 1.49. The Morgan fingerprint density at radius 2 is 2.04 bits per heavy atom. The van der Waals surface area contributed by atoms with Gasteiger partial charge in [-0.1, -0.05) is 24.4 Å². The number of hydrogen-bond donors (Lipinski definition) is 1. The summed E-state index contributed by atoms with van der Waals surface area (Å²) in [4.78, 5) is 14.7. The second kappa shape index (κ2) is 6.59. The molecule has 2 fully saturated rings. The van der Waals surface area contributed by atoms with Crippen LogP contribution in [0.4, 0.5) is 5.95 Å². The van der Waals surface area contributed by atoms with Gasteiger partial charge >= 0.3 is 0 Å². The van der Waals surface area contributed by atoms with E-state index >= 15 is 0 Å². The van der Waals surface area contributed by atoms with Gasteiger partial charge in [0.1, 0.15) is 0 Å². The van der Waals surface area contributed by atoms with Crippen molar-refractivity contribution in [2.24, 2.45) is 5.92 Å². The first-order valence-corrected chi connectivity index (χ1v) is 9.15. The maximum Gasteiger partial charge on any atom is 0.231 e. The number of nitrogens with one attached hydrogen (secondary N) is 1. The zero-order valence-electron chi connectivity index (χ0n) is 13.6. The van der Waals surface area contributed by atoms with Crippen LogP contribution in [-0.2, 0) is 4.79 Å². The number of nitrogens with zero attached hydrogens (tertiary/aromatic N) is 4. The fraction of sp³-hybridized carbons (Fsp3) is 0.588. The number of rotatable bonds is 3. The highest BCUT2D eigenvalue weighted by Gasteiger charge is 2.30. The Labute approximate surface area is 146 Å². The summed E-state index contributed by atoms with van der Waals surface area (Å²) in [5, 5.41) is 12.3. The van der Waals surface area contributed by atoms with E-state index in [0.717, 1.165) is 38.2 Å². The van der Waals surface area contributed by atoms with Gasteiger partial charge in [0, 0.05) is 25.3 Å². The van der Waals surface area contributed by atoms with Gasteiger partial charge in [0.05, 0.1) is 10.9 Å². The normalized spacial score (nSPS) is 22.2. The van der Waals surface area contributed by atoms with Crippen molar-refractivity contribution in [3.05, 3.63) is 23.4 Å². The van der Waals surface area contributed by atoms with Crippen molar-refractivity contribution in [3.8, 4) is 0 Å². The Morgan fingerprint density at radius 1 is 1.21 bits per heavy atom. The Bertz CT molecular complexity index is 740. The van der Waals surface area contributed by atoms with E-state index in [1.165, 1.54) is 12.8 Å². The number of amides is 1. The van der Waals surface area contributed by atoms with Gasteiger partial charge in [-0.2, -0.15) is 0 Å². The summed E-state index contributed by atoms with van der Waals surface area (Å²) < 4.78 is 1.90. The lowest BCUT2D eigenvalue weighted by Crippen LogP contribution is -2.46. The van der Waals surface area contributed by atoms with Crippen molar-refractivity contribution in [1.29, 1.82) is 0 Å². The number of carbonyl (C=O) groups excluding carboxylic acids is 1. The van der Waals surface area contributed by atoms with Crippen molar-refractivity contribution >= 4 is 29.1 Å². The Hall–Kier alpha value is -1.82. The quantitative estimate of drug-likeness (QED) is 0.927. The van der Waals surface area contributed by atoms with E-state index in [0.29, 0.717) is 23.3 Å². The van der Waals surface area contributed by atoms with Crippen LogP contribution in [0, 0.1) is 5.92 Å². The molecule has 0 aromatic carbocycles. The van der Waals surface area contributed by atoms with Gasteiger partial charge in [-0.3, -0.25) is 9.20 Å². The second-order valence-electron chi connectivity index (χ2n) is 6.82. The maximum absolute atomic E-state index is 12.6. The summed E-state index contributed by atoms with van der Waals surface area (Å²) >= 11 is 6.18. The summed E-state index contributed by atoms with van der Waals surface area (Å²) in [7, 11) is 0. The number of pyridine rings is 1. The monoisotopic (exact) mass is 347 g/mol. The minimum atomic E-state index is 0.0193. The molecule has 1 aliphatic heterocycles. The molecule has 1 N–H and O–H groups in total. The number of hydrogen-bond acceptors (Lipinski definition) is 4. The van der Waals surface area contributed by atoms with Crippen LogP contribution >= 0.6 is 11.6 Å². The summed E-state index contributed by atoms with van der Waals surface area (Å²) in [6.07, 6.45) is 8.54. The Kier molecular flexibility index (Phi) is 4.31. The summed E-state index contributed by atoms with van der Waals surface area (Å²) in [5.74, 6) is 0.982. The third-order valence-electron chi connectivity index (χ3n) is 5.15. The molecule has 0 spiro atoms. The fourth-order valence-electron chi connectivity index (χ4n) is 3.85. The molecule has 1 saturated heterocycles. The van der Waals surface area contributed by atoms with E-state index in [9.17, 15) is 4.79 Å². The average Bonchev–Trinajstić information content (AvgIpc) is 3.25. The minimum absolute atomic E-state index is 0.0193. The summed E-state index contributed by atoms with van der Waals surface area (Å²) in [6, 6.07) is 4.07. The molecule has 2 aromatic heterocycles. The molecule has 128 valence electrons. The van der Waals surface area contributed by atoms with Gasteiger partial charge in [0.25, 0.3) is 0 Å². The van der Waals surface area contributed by atoms with E-state index in [-0.39, 0.29) is 11.8 Å². The number of fused-ring (bicyclic) bond motifs is 1. The number of halogens is 1. The van der Waals surface area contributed by atoms with E-state index in [1.807, 2.05) is 22.7 Å². The van der Waals surface area contributed by atoms with Crippen LogP contribution in [0.3, 0.4) is 0 Å². The first-order chi connectivity index (χ1) is 11.7. The largest absolute Gasteiger partial charge is 0.353 e. The maximum atomic E-state index is 12.6. The van der Waals surface area contributed by atoms with Gasteiger partial charge < -0.3 is 10.2 Å². The molecule has 2 aromatic rings. The third-order valence-corrected chi connectivity index (χ3v) is 5.44. The number of anilines is 1. The highest BCUT2D eigenvalue weighted by atomic mass is 35.5. The lowest BCUT2D eigenvalue weighted by atomic mass is 9.97. The molecule has 3 heterocycles. The van der Waals surface area contributed by atoms with Crippen LogP contribution < -0.4 is 10.2 Å². The molecular formula is C17H22ClN5O. The summed E-state index contributed by atoms with van der Waals surface area (Å²) in [6.45, 7) is 1.58. The standard InChI is InChI=1S/C17H22ClN5O/c18-14-8-4-10-23-15(14)20-21-17(23)22-9-3-5-12(11-22)16(24)19-13-6-1-2-7-13/h4,8,10,12-13H,1-3,5-7,9,11H2,(H,19,24). The van der Waals surface area contributed by atoms with Crippen LogP contribution in [0.1, 0.15) is 38.5 Å². The van der Waals surface area contributed by atoms with Gasteiger partial charge in [-0.15, -0.1) is 10.2 Å². The van der Waals surface area contributed by atoms with E-state index in [1.54, 1.807) is 0 Å². The van der Waals surface area contributed by atoms with E-state index in [4.69, 9.17) is 11.6 Å². The molecule has 7 heteroatoms. The zero-order valence-corrected chi connectivity index (χ0v) is 14.4. The molecule has 1 unspecified atom stereocenters. The van der Waals surface area contributed by atoms with Gasteiger partial charge in [0.2, 0.25) is 11.9 Å². The predicted octanol–water partition coefficient (Wildman–Crippen LogP) is 2.66. The zero-order chi connectivity index (χ0) is 16.5. The average molecular weight is 348 g/mol. The summed E-state index contributed by atoms with van der Waals surface area (Å²) in [5.41, 5.74) is 0.659. The van der Waals surface area contributed by atoms with Gasteiger partial charge in [-0.25, -0.2) is 0 Å². The second-order valence-corrected chi connectivity index (χ2v) is 7.23. The van der Waals surface area contributed by atoms with Crippen LogP contribution in [-0.4, -0.2) is 39.6 Å². The van der Waals surface area contributed by atoms with Crippen molar-refractivity contribution in [2.75, 3.05) is 18.0 Å². The molecule has 1 saturated carbocycles. The molecule has 1 atom stereocenters. The number of carbonyl (C=O) groups is 1. The predicted molar refractivity (Wildman–Crippen MR) is 93.3 cm³/mol. The number of aromatic nitrogens is 3. The fourth-order valence-corrected chi connectivity index (χ4v) is 4.05. The van der Waals surface area contributed by atoms with E-state index < -0.39 is 0 Å². The highest BCUT2D eigenvalue weighted by Crippen LogP contribution is 2.25. The molecule has 1 aliphatic carbocycles. The molecule has 4 rings (SSSR count). The topological polar surface area (TPSA) is 62.5 Å². The molecule has 1 amide bonds. The van der Waals surface area contributed by atoms with Gasteiger partial charge in [0.15, 0.2) is 5.65 Å². The van der Waals surface area contributed by atoms with Crippen LogP contribution in [0.25, 0.3) is 5.65 Å². The van der Waals surface area contributed by atoms with Crippen molar-refractivity contribution < 1.29 is 4.79 Å². The molecule has 2 aliphatic rings. The van der Waals surface area contributed by atoms with Crippen LogP contribution in [0.5, 0.6) is 0 Å². The Morgan fingerprint density at radius 3 is 2.88 bits per heavy atom. The van der Waals surface area contributed by atoms with Gasteiger partial charge in [-0.05, 0) is 37.8 Å².